The van der Waals surface area contributed by atoms with Gasteiger partial charge in [0.05, 0.1) is 5.69 Å². The Bertz CT molecular complexity index is 689. The second-order valence-electron chi connectivity index (χ2n) is 6.32. The molecule has 0 bridgehead atoms. The molecule has 1 aromatic heterocycles. The molecule has 1 heterocycles. The van der Waals surface area contributed by atoms with E-state index in [0.717, 1.165) is 40.5 Å². The van der Waals surface area contributed by atoms with Gasteiger partial charge in [-0.05, 0) is 38.5 Å². The van der Waals surface area contributed by atoms with Crippen molar-refractivity contribution in [1.29, 1.82) is 0 Å². The average Bonchev–Trinajstić information content (AvgIpc) is 2.92. The Morgan fingerprint density at radius 2 is 2.00 bits per heavy atom. The molecule has 25 heavy (non-hydrogen) atoms. The summed E-state index contributed by atoms with van der Waals surface area (Å²) in [7, 11) is 2.06. The molecule has 1 N–H and O–H groups in total. The largest absolute Gasteiger partial charge is 0.361 e. The highest BCUT2D eigenvalue weighted by atomic mass is 79.9. The Kier molecular flexibility index (Phi) is 7.05. The lowest BCUT2D eigenvalue weighted by Crippen LogP contribution is -2.38. The van der Waals surface area contributed by atoms with E-state index in [4.69, 9.17) is 9.52 Å². The Balaban J connectivity index is 2.07. The molecule has 0 radical (unpaired) electrons. The van der Waals surface area contributed by atoms with Crippen molar-refractivity contribution in [3.63, 3.8) is 0 Å². The van der Waals surface area contributed by atoms with E-state index in [1.807, 2.05) is 13.8 Å². The third-order valence-electron chi connectivity index (χ3n) is 4.13. The van der Waals surface area contributed by atoms with Gasteiger partial charge in [0, 0.05) is 42.6 Å². The number of hydrogen-bond donors (Lipinski definition) is 1. The zero-order valence-electron chi connectivity index (χ0n) is 15.6. The first-order chi connectivity index (χ1) is 11.9. The van der Waals surface area contributed by atoms with Gasteiger partial charge < -0.3 is 14.7 Å². The van der Waals surface area contributed by atoms with Crippen LogP contribution in [0.4, 0.5) is 0 Å². The summed E-state index contributed by atoms with van der Waals surface area (Å²) < 4.78 is 6.37. The van der Waals surface area contributed by atoms with Crippen molar-refractivity contribution >= 4 is 21.9 Å². The third kappa shape index (κ3) is 5.33. The van der Waals surface area contributed by atoms with E-state index in [-0.39, 0.29) is 5.92 Å². The zero-order valence-corrected chi connectivity index (χ0v) is 17.2. The summed E-state index contributed by atoms with van der Waals surface area (Å²) in [6.45, 7) is 10.5. The molecule has 0 saturated carbocycles. The van der Waals surface area contributed by atoms with Crippen LogP contribution in [0.3, 0.4) is 0 Å². The van der Waals surface area contributed by atoms with Crippen LogP contribution in [0.15, 0.2) is 38.3 Å². The number of rotatable bonds is 6. The fourth-order valence-electron chi connectivity index (χ4n) is 2.92. The van der Waals surface area contributed by atoms with Crippen molar-refractivity contribution in [2.75, 3.05) is 20.1 Å². The van der Waals surface area contributed by atoms with Crippen molar-refractivity contribution in [2.45, 2.75) is 40.2 Å². The molecule has 2 rings (SSSR count). The van der Waals surface area contributed by atoms with Crippen LogP contribution in [0.5, 0.6) is 0 Å². The van der Waals surface area contributed by atoms with Gasteiger partial charge in [-0.25, -0.2) is 0 Å². The van der Waals surface area contributed by atoms with Crippen molar-refractivity contribution in [1.82, 2.24) is 15.4 Å². The molecule has 1 atom stereocenters. The number of halogens is 1. The van der Waals surface area contributed by atoms with Crippen molar-refractivity contribution in [3.05, 3.63) is 51.3 Å². The van der Waals surface area contributed by atoms with Gasteiger partial charge in [0.2, 0.25) is 0 Å². The Hall–Kier alpha value is -1.82. The SMILES string of the molecule is CCNC(=NCC(C)c1c(C)noc1C)N(C)Cc1ccc(Br)cc1. The summed E-state index contributed by atoms with van der Waals surface area (Å²) in [5.74, 6) is 2.05. The minimum Gasteiger partial charge on any atom is -0.361 e. The van der Waals surface area contributed by atoms with Gasteiger partial charge in [0.15, 0.2) is 5.96 Å². The number of nitrogens with zero attached hydrogens (tertiary/aromatic N) is 3. The maximum absolute atomic E-state index is 5.28. The molecule has 0 aliphatic heterocycles. The maximum atomic E-state index is 5.28. The minimum absolute atomic E-state index is 0.265. The Labute approximate surface area is 158 Å². The topological polar surface area (TPSA) is 53.7 Å². The standard InChI is InChI=1S/C19H27BrN4O/c1-6-21-19(24(5)12-16-7-9-17(20)10-8-16)22-11-13(2)18-14(3)23-25-15(18)4/h7-10,13H,6,11-12H2,1-5H3,(H,21,22). The highest BCUT2D eigenvalue weighted by Gasteiger charge is 2.16. The predicted molar refractivity (Wildman–Crippen MR) is 106 cm³/mol. The summed E-state index contributed by atoms with van der Waals surface area (Å²) in [6.07, 6.45) is 0. The lowest BCUT2D eigenvalue weighted by atomic mass is 10.00. The molecular formula is C19H27BrN4O. The van der Waals surface area contributed by atoms with E-state index >= 15 is 0 Å². The second kappa shape index (κ2) is 9.04. The number of aliphatic imine (C=N–C) groups is 1. The van der Waals surface area contributed by atoms with E-state index in [9.17, 15) is 0 Å². The smallest absolute Gasteiger partial charge is 0.193 e. The number of hydrogen-bond acceptors (Lipinski definition) is 3. The molecule has 0 aliphatic carbocycles. The normalized spacial score (nSPS) is 13.0. The average molecular weight is 407 g/mol. The number of nitrogens with one attached hydrogen (secondary N) is 1. The lowest BCUT2D eigenvalue weighted by molar-refractivity contribution is 0.391. The van der Waals surface area contributed by atoms with Crippen LogP contribution in [0.2, 0.25) is 0 Å². The molecule has 0 fully saturated rings. The first-order valence-corrected chi connectivity index (χ1v) is 9.38. The fourth-order valence-corrected chi connectivity index (χ4v) is 3.18. The molecule has 0 spiro atoms. The second-order valence-corrected chi connectivity index (χ2v) is 7.23. The number of aromatic nitrogens is 1. The van der Waals surface area contributed by atoms with E-state index in [2.05, 4.69) is 76.5 Å². The van der Waals surface area contributed by atoms with E-state index in [0.29, 0.717) is 6.54 Å². The van der Waals surface area contributed by atoms with Crippen LogP contribution in [0, 0.1) is 13.8 Å². The summed E-state index contributed by atoms with van der Waals surface area (Å²) in [4.78, 5) is 6.96. The summed E-state index contributed by atoms with van der Waals surface area (Å²) in [5, 5.41) is 7.42. The van der Waals surface area contributed by atoms with Crippen molar-refractivity contribution in [2.24, 2.45) is 4.99 Å². The lowest BCUT2D eigenvalue weighted by Gasteiger charge is -2.23. The zero-order chi connectivity index (χ0) is 18.4. The molecule has 0 saturated heterocycles. The Morgan fingerprint density at radius 3 is 2.56 bits per heavy atom. The van der Waals surface area contributed by atoms with Crippen molar-refractivity contribution in [3.8, 4) is 0 Å². The molecule has 2 aromatic rings. The quantitative estimate of drug-likeness (QED) is 0.575. The van der Waals surface area contributed by atoms with Crippen molar-refractivity contribution < 1.29 is 4.52 Å². The van der Waals surface area contributed by atoms with Crippen LogP contribution in [0.25, 0.3) is 0 Å². The van der Waals surface area contributed by atoms with E-state index in [1.165, 1.54) is 5.56 Å². The number of aryl methyl sites for hydroxylation is 2. The van der Waals surface area contributed by atoms with Gasteiger partial charge in [-0.2, -0.15) is 0 Å². The van der Waals surface area contributed by atoms with E-state index < -0.39 is 0 Å². The highest BCUT2D eigenvalue weighted by Crippen LogP contribution is 2.23. The molecule has 0 amide bonds. The van der Waals surface area contributed by atoms with Crippen LogP contribution < -0.4 is 5.32 Å². The van der Waals surface area contributed by atoms with E-state index in [1.54, 1.807) is 0 Å². The van der Waals surface area contributed by atoms with Gasteiger partial charge in [0.25, 0.3) is 0 Å². The predicted octanol–water partition coefficient (Wildman–Crippen LogP) is 4.25. The van der Waals surface area contributed by atoms with Gasteiger partial charge in [-0.1, -0.05) is 40.1 Å². The summed E-state index contributed by atoms with van der Waals surface area (Å²) in [5.41, 5.74) is 3.36. The highest BCUT2D eigenvalue weighted by molar-refractivity contribution is 9.10. The summed E-state index contributed by atoms with van der Waals surface area (Å²) in [6, 6.07) is 8.37. The summed E-state index contributed by atoms with van der Waals surface area (Å²) >= 11 is 3.47. The molecular weight excluding hydrogens is 380 g/mol. The molecule has 0 aliphatic rings. The van der Waals surface area contributed by atoms with Gasteiger partial charge >= 0.3 is 0 Å². The van der Waals surface area contributed by atoms with Crippen LogP contribution in [-0.4, -0.2) is 36.2 Å². The molecule has 1 unspecified atom stereocenters. The fraction of sp³-hybridized carbons (Fsp3) is 0.474. The van der Waals surface area contributed by atoms with Crippen LogP contribution >= 0.6 is 15.9 Å². The molecule has 5 nitrogen and oxygen atoms in total. The van der Waals surface area contributed by atoms with Gasteiger partial charge in [0.1, 0.15) is 5.76 Å². The maximum Gasteiger partial charge on any atom is 0.193 e. The Morgan fingerprint density at radius 1 is 1.32 bits per heavy atom. The van der Waals surface area contributed by atoms with Gasteiger partial charge in [-0.15, -0.1) is 0 Å². The first kappa shape index (κ1) is 19.5. The first-order valence-electron chi connectivity index (χ1n) is 8.59. The monoisotopic (exact) mass is 406 g/mol. The molecule has 1 aromatic carbocycles. The third-order valence-corrected chi connectivity index (χ3v) is 4.65. The molecule has 6 heteroatoms. The van der Waals surface area contributed by atoms with Crippen LogP contribution in [-0.2, 0) is 6.54 Å². The van der Waals surface area contributed by atoms with Crippen LogP contribution in [0.1, 0.15) is 42.3 Å². The number of benzene rings is 1. The minimum atomic E-state index is 0.265. The molecule has 136 valence electrons. The van der Waals surface area contributed by atoms with Gasteiger partial charge in [-0.3, -0.25) is 4.99 Å². The number of guanidine groups is 1.